The van der Waals surface area contributed by atoms with Gasteiger partial charge in [-0.1, -0.05) is 41.1 Å². The fourth-order valence-electron chi connectivity index (χ4n) is 2.45. The second kappa shape index (κ2) is 6.83. The van der Waals surface area contributed by atoms with Gasteiger partial charge in [0.05, 0.1) is 12.8 Å². The Kier molecular flexibility index (Phi) is 4.62. The normalized spacial score (nSPS) is 10.7. The number of ether oxygens (including phenoxy) is 1. The fourth-order valence-corrected chi connectivity index (χ4v) is 3.28. The summed E-state index contributed by atoms with van der Waals surface area (Å²) in [5.74, 6) is 1.64. The van der Waals surface area contributed by atoms with Crippen LogP contribution >= 0.6 is 11.8 Å². The highest BCUT2D eigenvalue weighted by molar-refractivity contribution is 7.98. The van der Waals surface area contributed by atoms with Crippen molar-refractivity contribution >= 4 is 11.8 Å². The van der Waals surface area contributed by atoms with Gasteiger partial charge in [0.2, 0.25) is 5.16 Å². The van der Waals surface area contributed by atoms with E-state index in [0.29, 0.717) is 0 Å². The van der Waals surface area contributed by atoms with Crippen LogP contribution < -0.4 is 4.74 Å². The van der Waals surface area contributed by atoms with Crippen LogP contribution in [0.2, 0.25) is 0 Å². The van der Waals surface area contributed by atoms with Crippen LogP contribution in [0.5, 0.6) is 5.75 Å². The van der Waals surface area contributed by atoms with E-state index in [1.54, 1.807) is 23.6 Å². The molecule has 118 valence electrons. The molecule has 0 bridgehead atoms. The molecule has 0 saturated heterocycles. The smallest absolute Gasteiger partial charge is 0.214 e. The van der Waals surface area contributed by atoms with Crippen LogP contribution in [0.1, 0.15) is 16.7 Å². The summed E-state index contributed by atoms with van der Waals surface area (Å²) in [6.07, 6.45) is 0. The van der Waals surface area contributed by atoms with E-state index in [-0.39, 0.29) is 0 Å². The first-order valence-electron chi connectivity index (χ1n) is 7.28. The Balaban J connectivity index is 1.77. The van der Waals surface area contributed by atoms with E-state index in [9.17, 15) is 0 Å². The Morgan fingerprint density at radius 1 is 1.04 bits per heavy atom. The molecule has 6 heteroatoms. The van der Waals surface area contributed by atoms with E-state index in [1.807, 2.05) is 24.3 Å². The first kappa shape index (κ1) is 15.6. The number of aryl methyl sites for hydroxylation is 2. The van der Waals surface area contributed by atoms with Crippen molar-refractivity contribution in [2.24, 2.45) is 0 Å². The second-order valence-electron chi connectivity index (χ2n) is 5.36. The molecule has 0 atom stereocenters. The monoisotopic (exact) mass is 326 g/mol. The standard InChI is InChI=1S/C17H18N4OS/c1-12-8-13(2)10-14(9-12)11-23-17-18-19-20-21(17)15-4-6-16(22-3)7-5-15/h4-10H,11H2,1-3H3. The lowest BCUT2D eigenvalue weighted by Crippen LogP contribution is -1.99. The van der Waals surface area contributed by atoms with Gasteiger partial charge in [-0.2, -0.15) is 4.68 Å². The minimum absolute atomic E-state index is 0.773. The van der Waals surface area contributed by atoms with Gasteiger partial charge in [0, 0.05) is 5.75 Å². The molecular weight excluding hydrogens is 308 g/mol. The number of nitrogens with zero attached hydrogens (tertiary/aromatic N) is 4. The molecule has 0 saturated carbocycles. The summed E-state index contributed by atoms with van der Waals surface area (Å²) in [5, 5.41) is 12.8. The number of methoxy groups -OCH3 is 1. The molecule has 0 amide bonds. The zero-order chi connectivity index (χ0) is 16.2. The van der Waals surface area contributed by atoms with Crippen LogP contribution in [0.25, 0.3) is 5.69 Å². The lowest BCUT2D eigenvalue weighted by Gasteiger charge is -2.07. The molecule has 3 aromatic rings. The SMILES string of the molecule is COc1ccc(-n2nnnc2SCc2cc(C)cc(C)c2)cc1. The highest BCUT2D eigenvalue weighted by Gasteiger charge is 2.09. The minimum Gasteiger partial charge on any atom is -0.497 e. The average molecular weight is 326 g/mol. The molecule has 0 unspecified atom stereocenters. The van der Waals surface area contributed by atoms with Crippen molar-refractivity contribution in [2.45, 2.75) is 24.8 Å². The summed E-state index contributed by atoms with van der Waals surface area (Å²) in [6.45, 7) is 4.23. The molecule has 0 spiro atoms. The lowest BCUT2D eigenvalue weighted by molar-refractivity contribution is 0.414. The molecule has 0 aliphatic carbocycles. The zero-order valence-corrected chi connectivity index (χ0v) is 14.2. The number of benzene rings is 2. The van der Waals surface area contributed by atoms with Crippen molar-refractivity contribution in [3.8, 4) is 11.4 Å². The largest absolute Gasteiger partial charge is 0.497 e. The van der Waals surface area contributed by atoms with Crippen LogP contribution in [0.4, 0.5) is 0 Å². The maximum atomic E-state index is 5.18. The van der Waals surface area contributed by atoms with Crippen molar-refractivity contribution < 1.29 is 4.74 Å². The van der Waals surface area contributed by atoms with E-state index in [4.69, 9.17) is 4.74 Å². The zero-order valence-electron chi connectivity index (χ0n) is 13.4. The number of tetrazole rings is 1. The summed E-state index contributed by atoms with van der Waals surface area (Å²) >= 11 is 1.62. The van der Waals surface area contributed by atoms with E-state index in [0.717, 1.165) is 22.3 Å². The number of rotatable bonds is 5. The van der Waals surface area contributed by atoms with Crippen LogP contribution in [0.3, 0.4) is 0 Å². The van der Waals surface area contributed by atoms with E-state index in [1.165, 1.54) is 16.7 Å². The predicted octanol–water partition coefficient (Wildman–Crippen LogP) is 3.58. The highest BCUT2D eigenvalue weighted by atomic mass is 32.2. The molecule has 0 N–H and O–H groups in total. The maximum absolute atomic E-state index is 5.18. The van der Waals surface area contributed by atoms with E-state index in [2.05, 4.69) is 47.6 Å². The van der Waals surface area contributed by atoms with Crippen molar-refractivity contribution in [3.63, 3.8) is 0 Å². The molecule has 5 nitrogen and oxygen atoms in total. The van der Waals surface area contributed by atoms with E-state index < -0.39 is 0 Å². The minimum atomic E-state index is 0.773. The van der Waals surface area contributed by atoms with Gasteiger partial charge in [-0.3, -0.25) is 0 Å². The molecule has 2 aromatic carbocycles. The Morgan fingerprint density at radius 2 is 1.74 bits per heavy atom. The number of hydrogen-bond acceptors (Lipinski definition) is 5. The average Bonchev–Trinajstić information content (AvgIpc) is 3.00. The van der Waals surface area contributed by atoms with Gasteiger partial charge in [-0.25, -0.2) is 0 Å². The molecular formula is C17H18N4OS. The first-order valence-corrected chi connectivity index (χ1v) is 8.27. The lowest BCUT2D eigenvalue weighted by atomic mass is 10.1. The Labute approximate surface area is 139 Å². The van der Waals surface area contributed by atoms with Gasteiger partial charge >= 0.3 is 0 Å². The van der Waals surface area contributed by atoms with Crippen LogP contribution in [0.15, 0.2) is 47.6 Å². The van der Waals surface area contributed by atoms with Gasteiger partial charge in [0.15, 0.2) is 0 Å². The van der Waals surface area contributed by atoms with Gasteiger partial charge in [-0.15, -0.1) is 5.10 Å². The molecule has 0 aliphatic heterocycles. The quantitative estimate of drug-likeness (QED) is 0.671. The van der Waals surface area contributed by atoms with Crippen molar-refractivity contribution in [2.75, 3.05) is 7.11 Å². The van der Waals surface area contributed by atoms with Gasteiger partial charge in [0.25, 0.3) is 0 Å². The number of aromatic nitrogens is 4. The summed E-state index contributed by atoms with van der Waals surface area (Å²) in [4.78, 5) is 0. The maximum Gasteiger partial charge on any atom is 0.214 e. The molecule has 0 aliphatic rings. The van der Waals surface area contributed by atoms with Gasteiger partial charge < -0.3 is 4.74 Å². The Hall–Kier alpha value is -2.34. The third-order valence-electron chi connectivity index (χ3n) is 3.41. The third-order valence-corrected chi connectivity index (χ3v) is 4.40. The number of thioether (sulfide) groups is 1. The third kappa shape index (κ3) is 3.71. The molecule has 0 fully saturated rings. The molecule has 3 rings (SSSR count). The van der Waals surface area contributed by atoms with Crippen LogP contribution in [-0.4, -0.2) is 27.3 Å². The molecule has 23 heavy (non-hydrogen) atoms. The van der Waals surface area contributed by atoms with Crippen molar-refractivity contribution in [3.05, 3.63) is 59.2 Å². The fraction of sp³-hybridized carbons (Fsp3) is 0.235. The topological polar surface area (TPSA) is 52.8 Å². The summed E-state index contributed by atoms with van der Waals surface area (Å²) in [6, 6.07) is 14.2. The van der Waals surface area contributed by atoms with Crippen molar-refractivity contribution in [1.29, 1.82) is 0 Å². The van der Waals surface area contributed by atoms with Crippen LogP contribution in [-0.2, 0) is 5.75 Å². The molecule has 0 radical (unpaired) electrons. The number of hydrogen-bond donors (Lipinski definition) is 0. The van der Waals surface area contributed by atoms with Crippen molar-refractivity contribution in [1.82, 2.24) is 20.2 Å². The van der Waals surface area contributed by atoms with Gasteiger partial charge in [0.1, 0.15) is 5.75 Å². The first-order chi connectivity index (χ1) is 11.2. The van der Waals surface area contributed by atoms with Gasteiger partial charge in [-0.05, 0) is 54.1 Å². The Bertz CT molecular complexity index is 778. The highest BCUT2D eigenvalue weighted by Crippen LogP contribution is 2.24. The summed E-state index contributed by atoms with van der Waals surface area (Å²) in [7, 11) is 1.65. The van der Waals surface area contributed by atoms with E-state index >= 15 is 0 Å². The van der Waals surface area contributed by atoms with Crippen LogP contribution in [0, 0.1) is 13.8 Å². The molecule has 1 aromatic heterocycles. The summed E-state index contributed by atoms with van der Waals surface area (Å²) in [5.41, 5.74) is 4.74. The Morgan fingerprint density at radius 3 is 2.39 bits per heavy atom. The second-order valence-corrected chi connectivity index (χ2v) is 6.30. The summed E-state index contributed by atoms with van der Waals surface area (Å²) < 4.78 is 6.92. The predicted molar refractivity (Wildman–Crippen MR) is 91.2 cm³/mol. The molecule has 1 heterocycles.